The van der Waals surface area contributed by atoms with E-state index in [4.69, 9.17) is 14.2 Å². The van der Waals surface area contributed by atoms with Crippen molar-refractivity contribution in [3.63, 3.8) is 0 Å². The maximum Gasteiger partial charge on any atom is 0.407 e. The number of unbranched alkanes of at least 4 members (excludes halogenated alkanes) is 1. The van der Waals surface area contributed by atoms with Gasteiger partial charge in [0.15, 0.2) is 11.9 Å². The fraction of sp³-hybridized carbons (Fsp3) is 0.661. The van der Waals surface area contributed by atoms with E-state index in [0.717, 1.165) is 28.4 Å². The van der Waals surface area contributed by atoms with Gasteiger partial charge in [-0.15, -0.1) is 11.3 Å². The molecule has 0 spiro atoms. The SMILES string of the molecule is CC[C@H](C)[C@H](CC(=O)C(C)(C)N(C)C)C(=O)N(C)[C@H](C[C@@H](OC(C)=O)c1nc(C(=O)N[C@@H](Cc2ccc(O)c(NC(=O)CCCN3C(=O)C=CC3=O)c2)CC(C)C(=O)C[C@@H](CCCCNC(=O)OC(C)(C)C)C(=O)OC(C)(C)C)cs1)C(C)C. The minimum Gasteiger partial charge on any atom is -0.506 e. The molecule has 3 rings (SSSR count). The summed E-state index contributed by atoms with van der Waals surface area (Å²) in [5, 5.41) is 21.1. The molecule has 2 aromatic rings. The Hall–Kier alpha value is -6.55. The van der Waals surface area contributed by atoms with E-state index in [1.54, 1.807) is 66.5 Å². The first-order valence-electron chi connectivity index (χ1n) is 29.2. The number of esters is 2. The van der Waals surface area contributed by atoms with Crippen molar-refractivity contribution in [2.75, 3.05) is 39.5 Å². The van der Waals surface area contributed by atoms with Gasteiger partial charge in [-0.25, -0.2) is 9.78 Å². The van der Waals surface area contributed by atoms with Crippen LogP contribution >= 0.6 is 11.3 Å². The van der Waals surface area contributed by atoms with Gasteiger partial charge in [-0.1, -0.05) is 53.5 Å². The molecule has 0 aliphatic carbocycles. The molecule has 0 radical (unpaired) electrons. The Bertz CT molecular complexity index is 2650. The maximum absolute atomic E-state index is 14.5. The normalized spacial score (nSPS) is 15.4. The van der Waals surface area contributed by atoms with Crippen molar-refractivity contribution in [2.45, 2.75) is 202 Å². The van der Waals surface area contributed by atoms with Crippen molar-refractivity contribution >= 4 is 76.2 Å². The zero-order chi connectivity index (χ0) is 63.6. The molecular weight excluding hydrogens is 1100 g/mol. The number of aromatic hydroxyl groups is 1. The van der Waals surface area contributed by atoms with Crippen LogP contribution in [0.1, 0.15) is 188 Å². The van der Waals surface area contributed by atoms with Crippen LogP contribution in [0.25, 0.3) is 0 Å². The zero-order valence-electron chi connectivity index (χ0n) is 52.7. The number of hydrogen-bond donors (Lipinski definition) is 4. The average Bonchev–Trinajstić information content (AvgIpc) is 4.18. The smallest absolute Gasteiger partial charge is 0.407 e. The van der Waals surface area contributed by atoms with Gasteiger partial charge in [0.25, 0.3) is 17.7 Å². The first-order valence-corrected chi connectivity index (χ1v) is 30.1. The van der Waals surface area contributed by atoms with E-state index in [0.29, 0.717) is 29.8 Å². The highest BCUT2D eigenvalue weighted by atomic mass is 32.1. The molecule has 0 fully saturated rings. The van der Waals surface area contributed by atoms with E-state index in [1.165, 1.54) is 24.4 Å². The molecule has 0 saturated carbocycles. The van der Waals surface area contributed by atoms with Crippen LogP contribution in [0.3, 0.4) is 0 Å². The van der Waals surface area contributed by atoms with Crippen molar-refractivity contribution in [3.8, 4) is 5.75 Å². The number of ether oxygens (including phenoxy) is 3. The molecular formula is C62H95N7O14S. The fourth-order valence-corrected chi connectivity index (χ4v) is 10.3. The van der Waals surface area contributed by atoms with Crippen LogP contribution in [-0.4, -0.2) is 147 Å². The second-order valence-electron chi connectivity index (χ2n) is 25.2. The number of anilines is 1. The van der Waals surface area contributed by atoms with E-state index in [1.807, 2.05) is 60.5 Å². The van der Waals surface area contributed by atoms with Gasteiger partial charge in [-0.05, 0) is 131 Å². The maximum atomic E-state index is 14.5. The van der Waals surface area contributed by atoms with Crippen LogP contribution in [0.2, 0.25) is 0 Å². The first kappa shape index (κ1) is 71.7. The number of aromatic nitrogens is 1. The molecule has 1 aromatic heterocycles. The van der Waals surface area contributed by atoms with E-state index in [-0.39, 0.29) is 111 Å². The lowest BCUT2D eigenvalue weighted by atomic mass is 9.81. The van der Waals surface area contributed by atoms with Gasteiger partial charge in [-0.3, -0.25) is 53.0 Å². The summed E-state index contributed by atoms with van der Waals surface area (Å²) in [4.78, 5) is 142. The van der Waals surface area contributed by atoms with Crippen molar-refractivity contribution in [2.24, 2.45) is 29.6 Å². The number of carbonyl (C=O) groups excluding carboxylic acids is 10. The number of amides is 6. The van der Waals surface area contributed by atoms with Crippen molar-refractivity contribution in [1.29, 1.82) is 0 Å². The summed E-state index contributed by atoms with van der Waals surface area (Å²) in [5.41, 5.74) is -1.72. The minimum atomic E-state index is -0.978. The van der Waals surface area contributed by atoms with E-state index < -0.39 is 94.3 Å². The topological polar surface area (TPSA) is 277 Å². The molecule has 2 heterocycles. The van der Waals surface area contributed by atoms with Crippen molar-refractivity contribution in [3.05, 3.63) is 52.0 Å². The Balaban J connectivity index is 1.96. The highest BCUT2D eigenvalue weighted by Crippen LogP contribution is 2.34. The number of thiazole rings is 1. The molecule has 6 amide bonds. The quantitative estimate of drug-likeness (QED) is 0.0171. The average molecular weight is 1190 g/mol. The van der Waals surface area contributed by atoms with Crippen LogP contribution in [0, 0.1) is 29.6 Å². The number of carbonyl (C=O) groups is 10. The van der Waals surface area contributed by atoms with Crippen LogP contribution in [0.5, 0.6) is 5.75 Å². The van der Waals surface area contributed by atoms with Gasteiger partial charge in [0.05, 0.1) is 17.1 Å². The number of rotatable bonds is 33. The van der Waals surface area contributed by atoms with Gasteiger partial charge in [0, 0.05) is 94.2 Å². The number of phenols is 1. The Morgan fingerprint density at radius 1 is 0.833 bits per heavy atom. The standard InChI is InChI=1S/C62H95N7O14S/c1-18-38(4)44(34-51(73)62(13,14)67(15)16)57(78)68(17)47(37(2)3)35-50(81-40(6)70)56-66-46(36-84-56)55(77)64-43(31-41-24-25-48(71)45(32-41)65-52(74)23-21-29-69-53(75)26-27-54(69)76)30-39(5)49(72)33-42(58(79)82-60(7,8)9)22-19-20-28-63-59(80)83-61(10,11)12/h24-27,32,36-39,42-44,47,50,71H,18-23,28-31,33-35H2,1-17H3,(H,63,80)(H,64,77)(H,65,74)/t38-,39?,42+,43+,44-,47+,50+/m0/s1. The second kappa shape index (κ2) is 32.1. The summed E-state index contributed by atoms with van der Waals surface area (Å²) in [6.45, 7) is 25.3. The van der Waals surface area contributed by atoms with Gasteiger partial charge in [0.2, 0.25) is 11.8 Å². The molecule has 84 heavy (non-hydrogen) atoms. The van der Waals surface area contributed by atoms with E-state index in [2.05, 4.69) is 20.9 Å². The zero-order valence-corrected chi connectivity index (χ0v) is 53.5. The van der Waals surface area contributed by atoms with Gasteiger partial charge >= 0.3 is 18.0 Å². The number of nitrogens with one attached hydrogen (secondary N) is 3. The highest BCUT2D eigenvalue weighted by Gasteiger charge is 2.40. The lowest BCUT2D eigenvalue weighted by Crippen LogP contribution is -2.50. The third-order valence-electron chi connectivity index (χ3n) is 15.1. The molecule has 21 nitrogen and oxygen atoms in total. The summed E-state index contributed by atoms with van der Waals surface area (Å²) < 4.78 is 17.0. The minimum absolute atomic E-state index is 0.0153. The summed E-state index contributed by atoms with van der Waals surface area (Å²) in [7, 11) is 5.35. The number of benzene rings is 1. The van der Waals surface area contributed by atoms with Gasteiger partial charge in [-0.2, -0.15) is 0 Å². The molecule has 0 bridgehead atoms. The van der Waals surface area contributed by atoms with Crippen LogP contribution in [0.4, 0.5) is 10.5 Å². The lowest BCUT2D eigenvalue weighted by Gasteiger charge is -2.38. The predicted octanol–water partition coefficient (Wildman–Crippen LogP) is 8.91. The lowest BCUT2D eigenvalue weighted by molar-refractivity contribution is -0.161. The second-order valence-corrected chi connectivity index (χ2v) is 26.1. The third-order valence-corrected chi connectivity index (χ3v) is 16.1. The predicted molar refractivity (Wildman–Crippen MR) is 321 cm³/mol. The molecule has 468 valence electrons. The number of Topliss-reactive ketones (excluding diaryl/α,β-unsaturated/α-hetero) is 2. The van der Waals surface area contributed by atoms with Crippen LogP contribution in [-0.2, 0) is 59.0 Å². The molecule has 1 aliphatic heterocycles. The monoisotopic (exact) mass is 1190 g/mol. The molecule has 1 aliphatic rings. The Labute approximate surface area is 501 Å². The summed E-state index contributed by atoms with van der Waals surface area (Å²) in [5.74, 6) is -6.41. The molecule has 4 N–H and O–H groups in total. The van der Waals surface area contributed by atoms with Crippen molar-refractivity contribution in [1.82, 2.24) is 30.3 Å². The summed E-state index contributed by atoms with van der Waals surface area (Å²) in [6, 6.07) is 3.25. The largest absolute Gasteiger partial charge is 0.506 e. The Morgan fingerprint density at radius 3 is 2.04 bits per heavy atom. The number of hydrogen-bond acceptors (Lipinski definition) is 17. The van der Waals surface area contributed by atoms with Gasteiger partial charge < -0.3 is 40.2 Å². The fourth-order valence-electron chi connectivity index (χ4n) is 9.50. The highest BCUT2D eigenvalue weighted by molar-refractivity contribution is 7.09. The molecule has 7 atom stereocenters. The van der Waals surface area contributed by atoms with Crippen molar-refractivity contribution < 1.29 is 67.3 Å². The molecule has 1 unspecified atom stereocenters. The number of imide groups is 1. The Morgan fingerprint density at radius 2 is 1.46 bits per heavy atom. The third kappa shape index (κ3) is 23.1. The molecule has 1 aromatic carbocycles. The number of nitrogens with zero attached hydrogens (tertiary/aromatic N) is 4. The van der Waals surface area contributed by atoms with Crippen LogP contribution < -0.4 is 16.0 Å². The Kier molecular flexibility index (Phi) is 27.4. The van der Waals surface area contributed by atoms with Crippen LogP contribution in [0.15, 0.2) is 35.7 Å². The molecule has 22 heteroatoms. The van der Waals surface area contributed by atoms with E-state index >= 15 is 0 Å². The van der Waals surface area contributed by atoms with E-state index in [9.17, 15) is 53.1 Å². The number of ketones is 2. The first-order chi connectivity index (χ1) is 38.9. The number of likely N-dealkylation sites (N-methyl/N-ethyl adjacent to an activating group) is 1. The van der Waals surface area contributed by atoms with Gasteiger partial charge in [0.1, 0.15) is 33.4 Å². The number of phenolic OH excluding ortho intramolecular Hbond substituents is 1. The summed E-state index contributed by atoms with van der Waals surface area (Å²) >= 11 is 1.09. The molecule has 0 saturated heterocycles. The number of alkyl carbamates (subject to hydrolysis) is 1. The summed E-state index contributed by atoms with van der Waals surface area (Å²) in [6.07, 6.45) is 2.94.